The van der Waals surface area contributed by atoms with Crippen LogP contribution in [-0.4, -0.2) is 7.05 Å². The summed E-state index contributed by atoms with van der Waals surface area (Å²) in [6, 6.07) is 6.35. The second-order valence-corrected chi connectivity index (χ2v) is 5.43. The third-order valence-electron chi connectivity index (χ3n) is 2.39. The van der Waals surface area contributed by atoms with Crippen molar-refractivity contribution in [3.63, 3.8) is 0 Å². The molecular weight excluding hydrogens is 273 g/mol. The summed E-state index contributed by atoms with van der Waals surface area (Å²) in [6.45, 7) is 4.46. The van der Waals surface area contributed by atoms with Crippen molar-refractivity contribution in [3.05, 3.63) is 33.3 Å². The van der Waals surface area contributed by atoms with Crippen LogP contribution in [0.4, 0.5) is 0 Å². The van der Waals surface area contributed by atoms with E-state index in [1.165, 1.54) is 5.56 Å². The topological polar surface area (TPSA) is 12.0 Å². The largest absolute Gasteiger partial charge is 0.313 e. The average molecular weight is 291 g/mol. The SMILES string of the molecule is CNC(CC(C)C)c1ccc(Cl)cc1Br. The fraction of sp³-hybridized carbons (Fsp3) is 0.500. The summed E-state index contributed by atoms with van der Waals surface area (Å²) in [5.41, 5.74) is 1.27. The lowest BCUT2D eigenvalue weighted by Gasteiger charge is -2.20. The normalized spacial score (nSPS) is 13.2. The molecule has 15 heavy (non-hydrogen) atoms. The highest BCUT2D eigenvalue weighted by atomic mass is 79.9. The minimum Gasteiger partial charge on any atom is -0.313 e. The minimum absolute atomic E-state index is 0.386. The van der Waals surface area contributed by atoms with Gasteiger partial charge >= 0.3 is 0 Å². The second kappa shape index (κ2) is 5.88. The molecule has 3 heteroatoms. The fourth-order valence-corrected chi connectivity index (χ4v) is 2.61. The Hall–Kier alpha value is -0.0500. The number of halogens is 2. The zero-order valence-electron chi connectivity index (χ0n) is 9.35. The molecule has 0 amide bonds. The third kappa shape index (κ3) is 3.78. The molecule has 1 unspecified atom stereocenters. The van der Waals surface area contributed by atoms with Crippen LogP contribution in [0, 0.1) is 5.92 Å². The van der Waals surface area contributed by atoms with Crippen LogP contribution in [0.5, 0.6) is 0 Å². The maximum atomic E-state index is 5.92. The van der Waals surface area contributed by atoms with E-state index in [0.717, 1.165) is 15.9 Å². The molecule has 1 aromatic carbocycles. The van der Waals surface area contributed by atoms with Crippen LogP contribution in [0.2, 0.25) is 5.02 Å². The van der Waals surface area contributed by atoms with Crippen LogP contribution in [-0.2, 0) is 0 Å². The lowest BCUT2D eigenvalue weighted by molar-refractivity contribution is 0.455. The molecule has 84 valence electrons. The van der Waals surface area contributed by atoms with E-state index >= 15 is 0 Å². The predicted octanol–water partition coefficient (Wildman–Crippen LogP) is 4.41. The Morgan fingerprint density at radius 3 is 2.53 bits per heavy atom. The first-order chi connectivity index (χ1) is 7.04. The Labute approximate surface area is 105 Å². The molecule has 1 atom stereocenters. The van der Waals surface area contributed by atoms with Crippen LogP contribution in [0.3, 0.4) is 0 Å². The van der Waals surface area contributed by atoms with Gasteiger partial charge in [-0.2, -0.15) is 0 Å². The highest BCUT2D eigenvalue weighted by Gasteiger charge is 2.14. The quantitative estimate of drug-likeness (QED) is 0.866. The van der Waals surface area contributed by atoms with E-state index < -0.39 is 0 Å². The molecule has 0 saturated heterocycles. The first-order valence-corrected chi connectivity index (χ1v) is 6.34. The molecule has 1 N–H and O–H groups in total. The van der Waals surface area contributed by atoms with Crippen LogP contribution < -0.4 is 5.32 Å². The number of rotatable bonds is 4. The highest BCUT2D eigenvalue weighted by molar-refractivity contribution is 9.10. The molecular formula is C12H17BrClN. The van der Waals surface area contributed by atoms with Crippen LogP contribution in [0.1, 0.15) is 31.9 Å². The molecule has 0 bridgehead atoms. The highest BCUT2D eigenvalue weighted by Crippen LogP contribution is 2.29. The summed E-state index contributed by atoms with van der Waals surface area (Å²) < 4.78 is 1.08. The number of hydrogen-bond donors (Lipinski definition) is 1. The van der Waals surface area contributed by atoms with E-state index in [0.29, 0.717) is 12.0 Å². The smallest absolute Gasteiger partial charge is 0.0417 e. The molecule has 0 aliphatic rings. The molecule has 0 radical (unpaired) electrons. The monoisotopic (exact) mass is 289 g/mol. The van der Waals surface area contributed by atoms with Crippen LogP contribution >= 0.6 is 27.5 Å². The summed E-state index contributed by atoms with van der Waals surface area (Å²) in [7, 11) is 1.99. The lowest BCUT2D eigenvalue weighted by Crippen LogP contribution is -2.18. The van der Waals surface area contributed by atoms with Gasteiger partial charge in [-0.05, 0) is 37.1 Å². The maximum Gasteiger partial charge on any atom is 0.0417 e. The Morgan fingerprint density at radius 1 is 1.40 bits per heavy atom. The zero-order valence-corrected chi connectivity index (χ0v) is 11.7. The minimum atomic E-state index is 0.386. The second-order valence-electron chi connectivity index (χ2n) is 4.14. The Bertz CT molecular complexity index is 325. The molecule has 0 fully saturated rings. The van der Waals surface area contributed by atoms with Crippen LogP contribution in [0.25, 0.3) is 0 Å². The molecule has 0 aliphatic carbocycles. The van der Waals surface area contributed by atoms with Crippen molar-refractivity contribution in [3.8, 4) is 0 Å². The van der Waals surface area contributed by atoms with E-state index in [1.807, 2.05) is 19.2 Å². The van der Waals surface area contributed by atoms with Gasteiger partial charge in [0.1, 0.15) is 0 Å². The standard InChI is InChI=1S/C12H17BrClN/c1-8(2)6-12(15-3)10-5-4-9(14)7-11(10)13/h4-5,7-8,12,15H,6H2,1-3H3. The van der Waals surface area contributed by atoms with E-state index in [4.69, 9.17) is 11.6 Å². The molecule has 1 rings (SSSR count). The fourth-order valence-electron chi connectivity index (χ4n) is 1.66. The van der Waals surface area contributed by atoms with Crippen molar-refractivity contribution in [1.82, 2.24) is 5.32 Å². The van der Waals surface area contributed by atoms with Gasteiger partial charge in [-0.3, -0.25) is 0 Å². The summed E-state index contributed by atoms with van der Waals surface area (Å²) in [5, 5.41) is 4.11. The summed E-state index contributed by atoms with van der Waals surface area (Å²) >= 11 is 9.47. The Morgan fingerprint density at radius 2 is 2.07 bits per heavy atom. The number of benzene rings is 1. The number of hydrogen-bond acceptors (Lipinski definition) is 1. The summed E-state index contributed by atoms with van der Waals surface area (Å²) in [4.78, 5) is 0. The molecule has 0 spiro atoms. The number of nitrogens with one attached hydrogen (secondary N) is 1. The first-order valence-electron chi connectivity index (χ1n) is 5.16. The van der Waals surface area contributed by atoms with Crippen molar-refractivity contribution in [2.24, 2.45) is 5.92 Å². The van der Waals surface area contributed by atoms with Crippen molar-refractivity contribution in [1.29, 1.82) is 0 Å². The molecule has 0 aromatic heterocycles. The third-order valence-corrected chi connectivity index (χ3v) is 3.32. The Kier molecular flexibility index (Phi) is 5.10. The van der Waals surface area contributed by atoms with Gasteiger partial charge < -0.3 is 5.32 Å². The van der Waals surface area contributed by atoms with Crippen molar-refractivity contribution in [2.45, 2.75) is 26.3 Å². The Balaban J connectivity index is 2.91. The maximum absolute atomic E-state index is 5.92. The van der Waals surface area contributed by atoms with Gasteiger partial charge in [0.25, 0.3) is 0 Å². The zero-order chi connectivity index (χ0) is 11.4. The summed E-state index contributed by atoms with van der Waals surface area (Å²) in [6.07, 6.45) is 1.12. The van der Waals surface area contributed by atoms with Gasteiger partial charge in [0.15, 0.2) is 0 Å². The van der Waals surface area contributed by atoms with Gasteiger partial charge in [0.2, 0.25) is 0 Å². The first kappa shape index (κ1) is 13.0. The summed E-state index contributed by atoms with van der Waals surface area (Å²) in [5.74, 6) is 0.671. The molecule has 1 nitrogen and oxygen atoms in total. The molecule has 0 aliphatic heterocycles. The average Bonchev–Trinajstić information content (AvgIpc) is 2.14. The van der Waals surface area contributed by atoms with E-state index in [2.05, 4.69) is 41.2 Å². The lowest BCUT2D eigenvalue weighted by atomic mass is 9.97. The van der Waals surface area contributed by atoms with E-state index in [1.54, 1.807) is 0 Å². The van der Waals surface area contributed by atoms with Crippen molar-refractivity contribution in [2.75, 3.05) is 7.05 Å². The molecule has 0 saturated carbocycles. The van der Waals surface area contributed by atoms with Gasteiger partial charge in [0, 0.05) is 15.5 Å². The van der Waals surface area contributed by atoms with Gasteiger partial charge in [-0.1, -0.05) is 47.4 Å². The van der Waals surface area contributed by atoms with Gasteiger partial charge in [-0.25, -0.2) is 0 Å². The molecule has 1 aromatic rings. The van der Waals surface area contributed by atoms with Gasteiger partial charge in [-0.15, -0.1) is 0 Å². The van der Waals surface area contributed by atoms with Gasteiger partial charge in [0.05, 0.1) is 0 Å². The van der Waals surface area contributed by atoms with Crippen LogP contribution in [0.15, 0.2) is 22.7 Å². The molecule has 0 heterocycles. The van der Waals surface area contributed by atoms with Crippen molar-refractivity contribution < 1.29 is 0 Å². The van der Waals surface area contributed by atoms with E-state index in [-0.39, 0.29) is 0 Å². The van der Waals surface area contributed by atoms with Crippen molar-refractivity contribution >= 4 is 27.5 Å². The predicted molar refractivity (Wildman–Crippen MR) is 70.4 cm³/mol. The van der Waals surface area contributed by atoms with E-state index in [9.17, 15) is 0 Å².